The molecule has 1 aliphatic heterocycles. The van der Waals surface area contributed by atoms with Crippen molar-refractivity contribution in [1.29, 1.82) is 0 Å². The van der Waals surface area contributed by atoms with E-state index in [1.54, 1.807) is 7.05 Å². The number of likely N-dealkylation sites (tertiary alicyclic amines) is 1. The van der Waals surface area contributed by atoms with Gasteiger partial charge in [-0.1, -0.05) is 0 Å². The largest absolute Gasteiger partial charge is 0.480 e. The van der Waals surface area contributed by atoms with Crippen LogP contribution in [0.5, 0.6) is 0 Å². The molecule has 0 aromatic carbocycles. The fraction of sp³-hybridized carbons (Fsp3) is 0.727. The Kier molecular flexibility index (Phi) is 4.94. The van der Waals surface area contributed by atoms with Crippen molar-refractivity contribution in [2.45, 2.75) is 25.3 Å². The van der Waals surface area contributed by atoms with Crippen molar-refractivity contribution in [3.05, 3.63) is 0 Å². The molecule has 7 heteroatoms. The molecule has 1 atom stereocenters. The Morgan fingerprint density at radius 2 is 2.11 bits per heavy atom. The van der Waals surface area contributed by atoms with Gasteiger partial charge in [-0.15, -0.1) is 0 Å². The SMILES string of the molecule is CNC(=O)CCN(C)C(=O)N1CCC[C@@H]1C(=O)O. The van der Waals surface area contributed by atoms with Gasteiger partial charge in [-0.05, 0) is 12.8 Å². The number of urea groups is 1. The molecule has 0 spiro atoms. The molecule has 1 saturated heterocycles. The first-order chi connectivity index (χ1) is 8.47. The average molecular weight is 257 g/mol. The third-order valence-corrected chi connectivity index (χ3v) is 3.06. The van der Waals surface area contributed by atoms with Crippen LogP contribution in [0.15, 0.2) is 0 Å². The maximum atomic E-state index is 12.0. The molecule has 1 aliphatic rings. The Labute approximate surface area is 106 Å². The summed E-state index contributed by atoms with van der Waals surface area (Å²) in [5, 5.41) is 11.5. The van der Waals surface area contributed by atoms with E-state index < -0.39 is 12.0 Å². The zero-order chi connectivity index (χ0) is 13.7. The second-order valence-electron chi connectivity index (χ2n) is 4.32. The molecule has 0 saturated carbocycles. The Hall–Kier alpha value is -1.79. The molecule has 18 heavy (non-hydrogen) atoms. The predicted molar refractivity (Wildman–Crippen MR) is 64.1 cm³/mol. The highest BCUT2D eigenvalue weighted by Crippen LogP contribution is 2.18. The molecule has 3 amide bonds. The number of hydrogen-bond acceptors (Lipinski definition) is 3. The van der Waals surface area contributed by atoms with Gasteiger partial charge in [0.2, 0.25) is 5.91 Å². The molecular weight excluding hydrogens is 238 g/mol. The number of amides is 3. The molecule has 1 fully saturated rings. The normalized spacial score (nSPS) is 18.6. The van der Waals surface area contributed by atoms with Crippen LogP contribution in [0.4, 0.5) is 4.79 Å². The predicted octanol–water partition coefficient (Wildman–Crippen LogP) is -0.277. The van der Waals surface area contributed by atoms with Gasteiger partial charge in [0.05, 0.1) is 0 Å². The third-order valence-electron chi connectivity index (χ3n) is 3.06. The molecule has 0 radical (unpaired) electrons. The second kappa shape index (κ2) is 6.23. The minimum Gasteiger partial charge on any atom is -0.480 e. The highest BCUT2D eigenvalue weighted by molar-refractivity contribution is 5.83. The fourth-order valence-corrected chi connectivity index (χ4v) is 1.96. The Bertz CT molecular complexity index is 345. The number of nitrogens with one attached hydrogen (secondary N) is 1. The number of aliphatic carboxylic acids is 1. The minimum atomic E-state index is -0.972. The number of carboxylic acid groups (broad SMARTS) is 1. The van der Waals surface area contributed by atoms with Crippen LogP contribution in [0, 0.1) is 0 Å². The summed E-state index contributed by atoms with van der Waals surface area (Å²) in [7, 11) is 3.10. The second-order valence-corrected chi connectivity index (χ2v) is 4.32. The van der Waals surface area contributed by atoms with Crippen molar-refractivity contribution in [2.75, 3.05) is 27.2 Å². The number of carbonyl (C=O) groups excluding carboxylic acids is 2. The van der Waals surface area contributed by atoms with E-state index in [4.69, 9.17) is 5.11 Å². The molecule has 102 valence electrons. The van der Waals surface area contributed by atoms with Gasteiger partial charge in [0.1, 0.15) is 6.04 Å². The van der Waals surface area contributed by atoms with Gasteiger partial charge in [-0.25, -0.2) is 9.59 Å². The lowest BCUT2D eigenvalue weighted by Crippen LogP contribution is -2.47. The van der Waals surface area contributed by atoms with Crippen molar-refractivity contribution in [2.24, 2.45) is 0 Å². The summed E-state index contributed by atoms with van der Waals surface area (Å²) in [4.78, 5) is 36.8. The topological polar surface area (TPSA) is 90.0 Å². The van der Waals surface area contributed by atoms with Crippen LogP contribution in [0.3, 0.4) is 0 Å². The van der Waals surface area contributed by atoms with Crippen LogP contribution in [0.25, 0.3) is 0 Å². The van der Waals surface area contributed by atoms with E-state index in [-0.39, 0.29) is 24.9 Å². The molecule has 1 heterocycles. The molecule has 0 bridgehead atoms. The van der Waals surface area contributed by atoms with Gasteiger partial charge in [0, 0.05) is 33.6 Å². The van der Waals surface area contributed by atoms with Crippen LogP contribution in [0.1, 0.15) is 19.3 Å². The van der Waals surface area contributed by atoms with Crippen molar-refractivity contribution < 1.29 is 19.5 Å². The Balaban J connectivity index is 2.52. The lowest BCUT2D eigenvalue weighted by molar-refractivity contribution is -0.141. The van der Waals surface area contributed by atoms with Crippen molar-refractivity contribution in [1.82, 2.24) is 15.1 Å². The molecule has 1 rings (SSSR count). The summed E-state index contributed by atoms with van der Waals surface area (Å²) < 4.78 is 0. The number of carbonyl (C=O) groups is 3. The van der Waals surface area contributed by atoms with Crippen molar-refractivity contribution in [3.63, 3.8) is 0 Å². The van der Waals surface area contributed by atoms with Gasteiger partial charge < -0.3 is 20.2 Å². The van der Waals surface area contributed by atoms with E-state index in [0.717, 1.165) is 0 Å². The van der Waals surface area contributed by atoms with Gasteiger partial charge in [-0.2, -0.15) is 0 Å². The van der Waals surface area contributed by atoms with E-state index >= 15 is 0 Å². The molecule has 0 aromatic rings. The Morgan fingerprint density at radius 1 is 1.44 bits per heavy atom. The summed E-state index contributed by atoms with van der Waals surface area (Å²) in [6, 6.07) is -1.07. The summed E-state index contributed by atoms with van der Waals surface area (Å²) >= 11 is 0. The van der Waals surface area contributed by atoms with Crippen LogP contribution in [-0.2, 0) is 9.59 Å². The lowest BCUT2D eigenvalue weighted by Gasteiger charge is -2.27. The average Bonchev–Trinajstić information content (AvgIpc) is 2.83. The lowest BCUT2D eigenvalue weighted by atomic mass is 10.2. The van der Waals surface area contributed by atoms with Crippen LogP contribution < -0.4 is 5.32 Å². The molecule has 2 N–H and O–H groups in total. The summed E-state index contributed by atoms with van der Waals surface area (Å²) in [6.07, 6.45) is 1.40. The highest BCUT2D eigenvalue weighted by atomic mass is 16.4. The molecule has 0 aromatic heterocycles. The van der Waals surface area contributed by atoms with Crippen LogP contribution >= 0.6 is 0 Å². The highest BCUT2D eigenvalue weighted by Gasteiger charge is 2.35. The van der Waals surface area contributed by atoms with Crippen molar-refractivity contribution >= 4 is 17.9 Å². The van der Waals surface area contributed by atoms with E-state index in [1.807, 2.05) is 0 Å². The van der Waals surface area contributed by atoms with Gasteiger partial charge in [0.15, 0.2) is 0 Å². The molecule has 0 unspecified atom stereocenters. The Morgan fingerprint density at radius 3 is 2.67 bits per heavy atom. The van der Waals surface area contributed by atoms with E-state index in [0.29, 0.717) is 19.4 Å². The number of rotatable bonds is 4. The quantitative estimate of drug-likeness (QED) is 0.725. The van der Waals surface area contributed by atoms with Gasteiger partial charge >= 0.3 is 12.0 Å². The fourth-order valence-electron chi connectivity index (χ4n) is 1.96. The number of hydrogen-bond donors (Lipinski definition) is 2. The summed E-state index contributed by atoms with van der Waals surface area (Å²) in [6.45, 7) is 0.738. The van der Waals surface area contributed by atoms with E-state index in [1.165, 1.54) is 16.8 Å². The van der Waals surface area contributed by atoms with Crippen LogP contribution in [0.2, 0.25) is 0 Å². The summed E-state index contributed by atoms with van der Waals surface area (Å²) in [5.41, 5.74) is 0. The molecule has 7 nitrogen and oxygen atoms in total. The zero-order valence-corrected chi connectivity index (χ0v) is 10.7. The standard InChI is InChI=1S/C11H19N3O4/c1-12-9(15)5-7-13(2)11(18)14-6-3-4-8(14)10(16)17/h8H,3-7H2,1-2H3,(H,12,15)(H,16,17)/t8-/m1/s1. The minimum absolute atomic E-state index is 0.147. The third kappa shape index (κ3) is 3.35. The summed E-state index contributed by atoms with van der Waals surface area (Å²) in [5.74, 6) is -1.12. The zero-order valence-electron chi connectivity index (χ0n) is 10.7. The first kappa shape index (κ1) is 14.3. The first-order valence-corrected chi connectivity index (χ1v) is 5.92. The van der Waals surface area contributed by atoms with E-state index in [9.17, 15) is 14.4 Å². The van der Waals surface area contributed by atoms with Crippen LogP contribution in [-0.4, -0.2) is 66.0 Å². The monoisotopic (exact) mass is 257 g/mol. The molecular formula is C11H19N3O4. The smallest absolute Gasteiger partial charge is 0.326 e. The maximum Gasteiger partial charge on any atom is 0.326 e. The number of carboxylic acids is 1. The molecule has 0 aliphatic carbocycles. The van der Waals surface area contributed by atoms with E-state index in [2.05, 4.69) is 5.32 Å². The van der Waals surface area contributed by atoms with Gasteiger partial charge in [0.25, 0.3) is 0 Å². The van der Waals surface area contributed by atoms with Crippen molar-refractivity contribution in [3.8, 4) is 0 Å². The first-order valence-electron chi connectivity index (χ1n) is 5.92. The maximum absolute atomic E-state index is 12.0. The van der Waals surface area contributed by atoms with Gasteiger partial charge in [-0.3, -0.25) is 4.79 Å². The number of nitrogens with zero attached hydrogens (tertiary/aromatic N) is 2.